The van der Waals surface area contributed by atoms with E-state index in [0.717, 1.165) is 22.3 Å². The van der Waals surface area contributed by atoms with Crippen molar-refractivity contribution in [3.63, 3.8) is 0 Å². The summed E-state index contributed by atoms with van der Waals surface area (Å²) in [7, 11) is 2.07. The number of nitrogens with zero attached hydrogens (tertiary/aromatic N) is 4. The van der Waals surface area contributed by atoms with Gasteiger partial charge in [0.1, 0.15) is 0 Å². The quantitative estimate of drug-likeness (QED) is 0.403. The van der Waals surface area contributed by atoms with Crippen LogP contribution in [0, 0.1) is 0 Å². The summed E-state index contributed by atoms with van der Waals surface area (Å²) >= 11 is 1.79. The Bertz CT molecular complexity index is 1420. The highest BCUT2D eigenvalue weighted by Crippen LogP contribution is 2.38. The van der Waals surface area contributed by atoms with E-state index in [2.05, 4.69) is 63.5 Å². The summed E-state index contributed by atoms with van der Waals surface area (Å²) in [5.41, 5.74) is 5.61. The first-order valence-electron chi connectivity index (χ1n) is 7.85. The number of rotatable bonds is 0. The average Bonchev–Trinajstić information content (AvgIpc) is 3.25. The predicted molar refractivity (Wildman–Crippen MR) is 99.9 cm³/mol. The summed E-state index contributed by atoms with van der Waals surface area (Å²) in [5, 5.41) is 1.21. The first kappa shape index (κ1) is 12.5. The van der Waals surface area contributed by atoms with Crippen molar-refractivity contribution in [2.75, 3.05) is 0 Å². The van der Waals surface area contributed by atoms with E-state index in [1.807, 2.05) is 12.3 Å². The van der Waals surface area contributed by atoms with Crippen molar-refractivity contribution in [2.24, 2.45) is 7.05 Å². The molecule has 0 atom stereocenters. The van der Waals surface area contributed by atoms with E-state index >= 15 is 0 Å². The van der Waals surface area contributed by atoms with Crippen LogP contribution in [0.1, 0.15) is 0 Å². The van der Waals surface area contributed by atoms with Gasteiger partial charge in [0.25, 0.3) is 0 Å². The molecule has 0 aliphatic heterocycles. The van der Waals surface area contributed by atoms with Crippen molar-refractivity contribution in [1.29, 1.82) is 0 Å². The fraction of sp³-hybridized carbons (Fsp3) is 0.0526. The first-order chi connectivity index (χ1) is 11.8. The maximum Gasteiger partial charge on any atom is 0.215 e. The minimum Gasteiger partial charge on any atom is -0.313 e. The summed E-state index contributed by atoms with van der Waals surface area (Å²) in [6.45, 7) is 0. The highest BCUT2D eigenvalue weighted by molar-refractivity contribution is 7.25. The second-order valence-corrected chi connectivity index (χ2v) is 7.14. The molecule has 2 aromatic carbocycles. The number of imidazole rings is 2. The molecule has 0 saturated carbocycles. The van der Waals surface area contributed by atoms with Crippen LogP contribution in [-0.2, 0) is 7.05 Å². The number of pyridine rings is 1. The maximum absolute atomic E-state index is 4.89. The van der Waals surface area contributed by atoms with Gasteiger partial charge in [-0.05, 0) is 36.4 Å². The molecule has 6 rings (SSSR count). The smallest absolute Gasteiger partial charge is 0.215 e. The highest BCUT2D eigenvalue weighted by atomic mass is 32.1. The Morgan fingerprint density at radius 2 is 1.79 bits per heavy atom. The third kappa shape index (κ3) is 1.35. The highest BCUT2D eigenvalue weighted by Gasteiger charge is 2.18. The molecule has 0 amide bonds. The maximum atomic E-state index is 4.89. The van der Waals surface area contributed by atoms with E-state index in [1.165, 1.54) is 25.8 Å². The topological polar surface area (TPSA) is 35.1 Å². The van der Waals surface area contributed by atoms with Gasteiger partial charge in [-0.25, -0.2) is 4.98 Å². The number of para-hydroxylation sites is 2. The Labute approximate surface area is 140 Å². The Balaban J connectivity index is 2.02. The molecule has 0 aliphatic rings. The van der Waals surface area contributed by atoms with Gasteiger partial charge in [0.2, 0.25) is 5.78 Å². The Hall–Kier alpha value is -2.92. The summed E-state index contributed by atoms with van der Waals surface area (Å²) in [5.74, 6) is 0.967. The number of aromatic nitrogens is 4. The Morgan fingerprint density at radius 3 is 2.71 bits per heavy atom. The molecule has 0 saturated heterocycles. The van der Waals surface area contributed by atoms with Crippen LogP contribution in [0.4, 0.5) is 0 Å². The monoisotopic (exact) mass is 328 g/mol. The van der Waals surface area contributed by atoms with Gasteiger partial charge in [-0.2, -0.15) is 0 Å². The van der Waals surface area contributed by atoms with Crippen molar-refractivity contribution < 1.29 is 0 Å². The Kier molecular flexibility index (Phi) is 2.15. The van der Waals surface area contributed by atoms with Crippen molar-refractivity contribution in [2.45, 2.75) is 0 Å². The van der Waals surface area contributed by atoms with E-state index < -0.39 is 0 Å². The standard InChI is InChI=1S/C19H12N4S/c1-22-12-5-2-3-6-13(12)23-18-11(21-19(22)23)8-9-14-16(18)17-15(24-14)7-4-10-20-17/h2-10H,1H3. The van der Waals surface area contributed by atoms with Gasteiger partial charge in [0.15, 0.2) is 0 Å². The van der Waals surface area contributed by atoms with Gasteiger partial charge in [-0.3, -0.25) is 9.38 Å². The molecule has 0 radical (unpaired) electrons. The number of thiophene rings is 1. The summed E-state index contributed by atoms with van der Waals surface area (Å²) in [6, 6.07) is 16.9. The van der Waals surface area contributed by atoms with Crippen LogP contribution in [0.5, 0.6) is 0 Å². The van der Waals surface area contributed by atoms with Crippen LogP contribution >= 0.6 is 11.3 Å². The van der Waals surface area contributed by atoms with E-state index in [1.54, 1.807) is 11.3 Å². The van der Waals surface area contributed by atoms with Crippen LogP contribution in [0.3, 0.4) is 0 Å². The van der Waals surface area contributed by atoms with Gasteiger partial charge in [0.05, 0.1) is 32.3 Å². The second-order valence-electron chi connectivity index (χ2n) is 6.05. The van der Waals surface area contributed by atoms with Crippen molar-refractivity contribution in [3.8, 4) is 0 Å². The molecule has 4 nitrogen and oxygen atoms in total. The van der Waals surface area contributed by atoms with Gasteiger partial charge in [0, 0.05) is 23.3 Å². The van der Waals surface area contributed by atoms with Crippen LogP contribution in [-0.4, -0.2) is 18.9 Å². The molecule has 114 valence electrons. The number of hydrogen-bond acceptors (Lipinski definition) is 3. The lowest BCUT2D eigenvalue weighted by molar-refractivity contribution is 0.974. The molecule has 0 N–H and O–H groups in total. The normalized spacial score (nSPS) is 12.4. The number of aryl methyl sites for hydroxylation is 1. The fourth-order valence-electron chi connectivity index (χ4n) is 3.73. The van der Waals surface area contributed by atoms with Gasteiger partial charge in [-0.15, -0.1) is 11.3 Å². The fourth-order valence-corrected chi connectivity index (χ4v) is 4.79. The average molecular weight is 328 g/mol. The zero-order chi connectivity index (χ0) is 15.8. The molecular formula is C19H12N4S. The second kappa shape index (κ2) is 4.13. The lowest BCUT2D eigenvalue weighted by Gasteiger charge is -1.97. The molecule has 0 aliphatic carbocycles. The van der Waals surface area contributed by atoms with E-state index in [9.17, 15) is 0 Å². The first-order valence-corrected chi connectivity index (χ1v) is 8.66. The molecule has 24 heavy (non-hydrogen) atoms. The van der Waals surface area contributed by atoms with Crippen LogP contribution in [0.15, 0.2) is 54.7 Å². The van der Waals surface area contributed by atoms with E-state index in [-0.39, 0.29) is 0 Å². The SMILES string of the molecule is Cn1c2ccccc2n2c3c(ccc4sc5cccnc5c43)nc12. The van der Waals surface area contributed by atoms with Crippen molar-refractivity contribution >= 4 is 59.5 Å². The molecule has 0 spiro atoms. The minimum atomic E-state index is 0.967. The van der Waals surface area contributed by atoms with Crippen molar-refractivity contribution in [1.82, 2.24) is 18.9 Å². The van der Waals surface area contributed by atoms with Gasteiger partial charge < -0.3 is 4.57 Å². The minimum absolute atomic E-state index is 0.967. The molecule has 5 heteroatoms. The summed E-state index contributed by atoms with van der Waals surface area (Å²) < 4.78 is 6.90. The van der Waals surface area contributed by atoms with Crippen LogP contribution < -0.4 is 0 Å². The lowest BCUT2D eigenvalue weighted by atomic mass is 10.2. The van der Waals surface area contributed by atoms with Crippen LogP contribution in [0.2, 0.25) is 0 Å². The zero-order valence-corrected chi connectivity index (χ0v) is 13.7. The molecular weight excluding hydrogens is 316 g/mol. The Morgan fingerprint density at radius 1 is 0.917 bits per heavy atom. The van der Waals surface area contributed by atoms with E-state index in [0.29, 0.717) is 0 Å². The zero-order valence-electron chi connectivity index (χ0n) is 12.9. The number of benzene rings is 2. The van der Waals surface area contributed by atoms with E-state index in [4.69, 9.17) is 4.98 Å². The molecule has 4 aromatic heterocycles. The van der Waals surface area contributed by atoms with Gasteiger partial charge in [-0.1, -0.05) is 12.1 Å². The number of fused-ring (bicyclic) bond motifs is 9. The van der Waals surface area contributed by atoms with Crippen LogP contribution in [0.25, 0.3) is 48.1 Å². The third-order valence-corrected chi connectivity index (χ3v) is 5.88. The molecule has 6 aromatic rings. The third-order valence-electron chi connectivity index (χ3n) is 4.77. The lowest BCUT2D eigenvalue weighted by Crippen LogP contribution is -1.87. The van der Waals surface area contributed by atoms with Crippen molar-refractivity contribution in [3.05, 3.63) is 54.7 Å². The number of hydrogen-bond donors (Lipinski definition) is 0. The molecule has 4 heterocycles. The van der Waals surface area contributed by atoms with Gasteiger partial charge >= 0.3 is 0 Å². The summed E-state index contributed by atoms with van der Waals surface area (Å²) in [4.78, 5) is 9.55. The molecule has 0 bridgehead atoms. The summed E-state index contributed by atoms with van der Waals surface area (Å²) in [6.07, 6.45) is 1.87. The predicted octanol–water partition coefficient (Wildman–Crippen LogP) is 4.74. The molecule has 0 unspecified atom stereocenters. The molecule has 0 fully saturated rings. The largest absolute Gasteiger partial charge is 0.313 e.